The molecule has 10 nitrogen and oxygen atoms in total. The lowest BCUT2D eigenvalue weighted by Crippen LogP contribution is -2.53. The highest BCUT2D eigenvalue weighted by atomic mass is 19.1. The van der Waals surface area contributed by atoms with Crippen molar-refractivity contribution in [3.8, 4) is 5.75 Å². The number of phenolic OH excluding ortho intramolecular Hbond substituents is 1. The van der Waals surface area contributed by atoms with Crippen molar-refractivity contribution in [3.05, 3.63) is 64.5 Å². The maximum Gasteiger partial charge on any atom is 0.242 e. The van der Waals surface area contributed by atoms with Crippen LogP contribution in [0.25, 0.3) is 0 Å². The van der Waals surface area contributed by atoms with Crippen molar-refractivity contribution in [3.63, 3.8) is 0 Å². The van der Waals surface area contributed by atoms with E-state index in [1.54, 1.807) is 26.0 Å². The maximum absolute atomic E-state index is 13.1. The molecule has 2 aromatic rings. The molecular weight excluding hydrogens is 469 g/mol. The molecule has 4 amide bonds. The molecule has 0 spiro atoms. The minimum atomic E-state index is -1.05. The number of carbonyl (C=O) groups excluding carboxylic acids is 4. The first-order valence-corrected chi connectivity index (χ1v) is 11.3. The maximum atomic E-state index is 13.1. The molecule has 0 fully saturated rings. The van der Waals surface area contributed by atoms with Crippen molar-refractivity contribution in [2.75, 3.05) is 6.54 Å². The Morgan fingerprint density at radius 3 is 2.11 bits per heavy atom. The van der Waals surface area contributed by atoms with Crippen LogP contribution in [0.1, 0.15) is 29.2 Å². The van der Waals surface area contributed by atoms with E-state index in [2.05, 4.69) is 16.0 Å². The number of hydrogen-bond donors (Lipinski definition) is 6. The third kappa shape index (κ3) is 8.35. The number of nitrogens with two attached hydrogens (primary N) is 2. The first-order chi connectivity index (χ1) is 16.9. The van der Waals surface area contributed by atoms with Crippen molar-refractivity contribution in [1.82, 2.24) is 16.0 Å². The van der Waals surface area contributed by atoms with Crippen LogP contribution < -0.4 is 27.4 Å². The van der Waals surface area contributed by atoms with Gasteiger partial charge in [-0.1, -0.05) is 12.1 Å². The molecule has 0 aliphatic heterocycles. The Kier molecular flexibility index (Phi) is 9.92. The van der Waals surface area contributed by atoms with Gasteiger partial charge in [0.1, 0.15) is 23.7 Å². The molecule has 3 atom stereocenters. The second-order valence-corrected chi connectivity index (χ2v) is 8.67. The van der Waals surface area contributed by atoms with Crippen LogP contribution >= 0.6 is 0 Å². The third-order valence-electron chi connectivity index (χ3n) is 5.65. The van der Waals surface area contributed by atoms with Crippen LogP contribution in [0.3, 0.4) is 0 Å². The molecule has 8 N–H and O–H groups in total. The molecule has 194 valence electrons. The predicted molar refractivity (Wildman–Crippen MR) is 131 cm³/mol. The molecule has 0 saturated heterocycles. The van der Waals surface area contributed by atoms with Gasteiger partial charge in [-0.3, -0.25) is 19.2 Å². The van der Waals surface area contributed by atoms with E-state index in [1.165, 1.54) is 31.2 Å². The summed E-state index contributed by atoms with van der Waals surface area (Å²) in [5.41, 5.74) is 14.4. The largest absolute Gasteiger partial charge is 0.508 e. The normalized spacial score (nSPS) is 13.2. The number of phenols is 1. The summed E-state index contributed by atoms with van der Waals surface area (Å²) in [5.74, 6) is -2.94. The van der Waals surface area contributed by atoms with E-state index in [9.17, 15) is 28.7 Å². The standard InChI is InChI=1S/C25H32FN5O5/c1-13-8-18(32)9-14(2)19(13)11-20(27)25(36)30-15(3)24(35)29-12-22(33)31-21(23(28)34)10-16-4-6-17(26)7-5-16/h4-9,15,20-21,32H,10-12,27H2,1-3H3,(H2,28,34)(H,29,35)(H,30,36)(H,31,33)/t15-,20+,21+/m1/s1. The summed E-state index contributed by atoms with van der Waals surface area (Å²) >= 11 is 0. The first kappa shape index (κ1) is 28.2. The average molecular weight is 502 g/mol. The van der Waals surface area contributed by atoms with E-state index in [4.69, 9.17) is 11.5 Å². The average Bonchev–Trinajstić information content (AvgIpc) is 2.80. The third-order valence-corrected chi connectivity index (χ3v) is 5.65. The molecule has 0 bridgehead atoms. The quantitative estimate of drug-likeness (QED) is 0.249. The Hall–Kier alpha value is -3.99. The lowest BCUT2D eigenvalue weighted by Gasteiger charge is -2.19. The van der Waals surface area contributed by atoms with E-state index in [0.29, 0.717) is 5.56 Å². The number of amides is 4. The summed E-state index contributed by atoms with van der Waals surface area (Å²) in [7, 11) is 0. The van der Waals surface area contributed by atoms with Gasteiger partial charge in [0, 0.05) is 6.42 Å². The Balaban J connectivity index is 1.84. The fourth-order valence-electron chi connectivity index (χ4n) is 3.64. The lowest BCUT2D eigenvalue weighted by molar-refractivity contribution is -0.131. The van der Waals surface area contributed by atoms with Crippen LogP contribution in [0.2, 0.25) is 0 Å². The van der Waals surface area contributed by atoms with Crippen LogP contribution in [-0.4, -0.2) is 53.4 Å². The Bertz CT molecular complexity index is 1100. The van der Waals surface area contributed by atoms with E-state index in [1.807, 2.05) is 0 Å². The molecule has 0 aliphatic rings. The fraction of sp³-hybridized carbons (Fsp3) is 0.360. The van der Waals surface area contributed by atoms with E-state index in [0.717, 1.165) is 16.7 Å². The number of nitrogens with one attached hydrogen (secondary N) is 3. The Morgan fingerprint density at radius 2 is 1.56 bits per heavy atom. The molecular formula is C25H32FN5O5. The molecule has 2 aromatic carbocycles. The zero-order valence-electron chi connectivity index (χ0n) is 20.4. The highest BCUT2D eigenvalue weighted by Crippen LogP contribution is 2.21. The van der Waals surface area contributed by atoms with Crippen molar-refractivity contribution in [1.29, 1.82) is 0 Å². The molecule has 0 unspecified atom stereocenters. The molecule has 36 heavy (non-hydrogen) atoms. The molecule has 0 saturated carbocycles. The fourth-order valence-corrected chi connectivity index (χ4v) is 3.64. The van der Waals surface area contributed by atoms with Crippen LogP contribution in [0.4, 0.5) is 4.39 Å². The van der Waals surface area contributed by atoms with Gasteiger partial charge in [-0.05, 0) is 73.7 Å². The number of benzene rings is 2. The highest BCUT2D eigenvalue weighted by molar-refractivity contribution is 5.93. The zero-order valence-corrected chi connectivity index (χ0v) is 20.4. The summed E-state index contributed by atoms with van der Waals surface area (Å²) in [5, 5.41) is 17.0. The second kappa shape index (κ2) is 12.6. The number of carbonyl (C=O) groups is 4. The van der Waals surface area contributed by atoms with E-state index in [-0.39, 0.29) is 18.6 Å². The van der Waals surface area contributed by atoms with Crippen LogP contribution in [0.15, 0.2) is 36.4 Å². The van der Waals surface area contributed by atoms with Gasteiger partial charge in [0.2, 0.25) is 23.6 Å². The first-order valence-electron chi connectivity index (χ1n) is 11.3. The van der Waals surface area contributed by atoms with Crippen molar-refractivity contribution in [2.45, 2.75) is 51.7 Å². The summed E-state index contributed by atoms with van der Waals surface area (Å²) in [6, 6.07) is 5.58. The summed E-state index contributed by atoms with van der Waals surface area (Å²) in [6.07, 6.45) is 0.267. The molecule has 11 heteroatoms. The van der Waals surface area contributed by atoms with Gasteiger partial charge in [-0.2, -0.15) is 0 Å². The molecule has 0 radical (unpaired) electrons. The second-order valence-electron chi connectivity index (χ2n) is 8.67. The van der Waals surface area contributed by atoms with Crippen molar-refractivity contribution in [2.24, 2.45) is 11.5 Å². The Morgan fingerprint density at radius 1 is 0.972 bits per heavy atom. The van der Waals surface area contributed by atoms with Gasteiger partial charge in [-0.15, -0.1) is 0 Å². The number of aromatic hydroxyl groups is 1. The number of rotatable bonds is 11. The SMILES string of the molecule is Cc1cc(O)cc(C)c1C[C@H](N)C(=O)N[C@H](C)C(=O)NCC(=O)N[C@@H](Cc1ccc(F)cc1)C(N)=O. The number of primary amides is 1. The predicted octanol–water partition coefficient (Wildman–Crippen LogP) is -0.148. The summed E-state index contributed by atoms with van der Waals surface area (Å²) in [4.78, 5) is 48.8. The molecule has 2 rings (SSSR count). The smallest absolute Gasteiger partial charge is 0.242 e. The summed E-state index contributed by atoms with van der Waals surface area (Å²) in [6.45, 7) is 4.59. The van der Waals surface area contributed by atoms with Gasteiger partial charge >= 0.3 is 0 Å². The van der Waals surface area contributed by atoms with E-state index < -0.39 is 54.1 Å². The molecule has 0 heterocycles. The van der Waals surface area contributed by atoms with Crippen molar-refractivity contribution < 1.29 is 28.7 Å². The highest BCUT2D eigenvalue weighted by Gasteiger charge is 2.23. The van der Waals surface area contributed by atoms with Crippen LogP contribution in [0.5, 0.6) is 5.75 Å². The van der Waals surface area contributed by atoms with Crippen LogP contribution in [-0.2, 0) is 32.0 Å². The number of aryl methyl sites for hydroxylation is 2. The van der Waals surface area contributed by atoms with Gasteiger partial charge in [0.05, 0.1) is 12.6 Å². The monoisotopic (exact) mass is 501 g/mol. The zero-order chi connectivity index (χ0) is 27.0. The summed E-state index contributed by atoms with van der Waals surface area (Å²) < 4.78 is 13.1. The topological polar surface area (TPSA) is 177 Å². The number of hydrogen-bond acceptors (Lipinski definition) is 6. The van der Waals surface area contributed by atoms with E-state index >= 15 is 0 Å². The van der Waals surface area contributed by atoms with Gasteiger partial charge < -0.3 is 32.5 Å². The number of halogens is 1. The lowest BCUT2D eigenvalue weighted by atomic mass is 9.96. The van der Waals surface area contributed by atoms with Crippen molar-refractivity contribution >= 4 is 23.6 Å². The minimum Gasteiger partial charge on any atom is -0.508 e. The Labute approximate surface area is 208 Å². The minimum absolute atomic E-state index is 0.0552. The molecule has 0 aliphatic carbocycles. The molecule has 0 aromatic heterocycles. The van der Waals surface area contributed by atoms with Gasteiger partial charge in [0.25, 0.3) is 0 Å². The van der Waals surface area contributed by atoms with Crippen LogP contribution in [0, 0.1) is 19.7 Å². The van der Waals surface area contributed by atoms with Gasteiger partial charge in [0.15, 0.2) is 0 Å². The van der Waals surface area contributed by atoms with Gasteiger partial charge in [-0.25, -0.2) is 4.39 Å².